The van der Waals surface area contributed by atoms with E-state index in [1.807, 2.05) is 0 Å². The molecule has 0 amide bonds. The van der Waals surface area contributed by atoms with Gasteiger partial charge in [0.05, 0.1) is 0 Å². The number of halogens is 1. The summed E-state index contributed by atoms with van der Waals surface area (Å²) in [5.41, 5.74) is 5.79. The van der Waals surface area contributed by atoms with Crippen LogP contribution in [0.3, 0.4) is 0 Å². The molecule has 2 heteroatoms. The van der Waals surface area contributed by atoms with Crippen LogP contribution in [-0.2, 0) is 12.8 Å². The zero-order valence-corrected chi connectivity index (χ0v) is 14.3. The van der Waals surface area contributed by atoms with Gasteiger partial charge in [-0.3, -0.25) is 0 Å². The van der Waals surface area contributed by atoms with Crippen molar-refractivity contribution in [1.29, 1.82) is 0 Å². The smallest absolute Gasteiger partial charge is 0.0297 e. The number of benzene rings is 2. The van der Waals surface area contributed by atoms with E-state index in [1.54, 1.807) is 0 Å². The molecule has 3 rings (SSSR count). The molecule has 0 aliphatic heterocycles. The number of hydrogen-bond donors (Lipinski definition) is 1. The Morgan fingerprint density at radius 3 is 2.76 bits per heavy atom. The first-order valence-electron chi connectivity index (χ1n) is 7.72. The van der Waals surface area contributed by atoms with E-state index in [2.05, 4.69) is 77.6 Å². The van der Waals surface area contributed by atoms with Crippen LogP contribution < -0.4 is 5.32 Å². The van der Waals surface area contributed by atoms with E-state index in [4.69, 9.17) is 0 Å². The molecule has 1 N–H and O–H groups in total. The largest absolute Gasteiger partial charge is 0.307 e. The predicted octanol–water partition coefficient (Wildman–Crippen LogP) is 4.97. The van der Waals surface area contributed by atoms with Crippen molar-refractivity contribution in [3.05, 3.63) is 69.2 Å². The minimum atomic E-state index is 0.410. The summed E-state index contributed by atoms with van der Waals surface area (Å²) in [5, 5.41) is 3.82. The predicted molar refractivity (Wildman–Crippen MR) is 92.7 cm³/mol. The van der Waals surface area contributed by atoms with Crippen molar-refractivity contribution in [1.82, 2.24) is 5.32 Å². The summed E-state index contributed by atoms with van der Waals surface area (Å²) in [7, 11) is 0. The standard InChI is InChI=1S/C19H22BrN/c1-13-5-3-4-6-19(13)14(2)21-18-10-8-15-11-17(20)9-7-16(15)12-18/h3-7,9,11,14,18,21H,8,10,12H2,1-2H3/t14-,18?/m0/s1. The first-order valence-corrected chi connectivity index (χ1v) is 8.51. The van der Waals surface area contributed by atoms with Crippen molar-refractivity contribution in [2.45, 2.75) is 45.2 Å². The van der Waals surface area contributed by atoms with Crippen molar-refractivity contribution in [2.75, 3.05) is 0 Å². The molecule has 0 saturated carbocycles. The Kier molecular flexibility index (Phi) is 4.46. The highest BCUT2D eigenvalue weighted by atomic mass is 79.9. The van der Waals surface area contributed by atoms with Crippen molar-refractivity contribution in [3.63, 3.8) is 0 Å². The monoisotopic (exact) mass is 343 g/mol. The van der Waals surface area contributed by atoms with Crippen LogP contribution in [0.4, 0.5) is 0 Å². The van der Waals surface area contributed by atoms with Crippen LogP contribution in [0.5, 0.6) is 0 Å². The topological polar surface area (TPSA) is 12.0 Å². The average molecular weight is 344 g/mol. The molecule has 21 heavy (non-hydrogen) atoms. The number of aryl methyl sites for hydroxylation is 2. The molecule has 2 aromatic rings. The lowest BCUT2D eigenvalue weighted by Crippen LogP contribution is -2.36. The normalized spacial score (nSPS) is 19.1. The number of fused-ring (bicyclic) bond motifs is 1. The van der Waals surface area contributed by atoms with Gasteiger partial charge < -0.3 is 5.32 Å². The van der Waals surface area contributed by atoms with Gasteiger partial charge in [0.15, 0.2) is 0 Å². The Morgan fingerprint density at radius 2 is 1.95 bits per heavy atom. The van der Waals surface area contributed by atoms with Gasteiger partial charge in [0.25, 0.3) is 0 Å². The maximum Gasteiger partial charge on any atom is 0.0297 e. The SMILES string of the molecule is Cc1ccccc1[C@H](C)NC1CCc2cc(Br)ccc2C1. The maximum absolute atomic E-state index is 3.82. The third kappa shape index (κ3) is 3.38. The lowest BCUT2D eigenvalue weighted by molar-refractivity contribution is 0.413. The number of nitrogens with one attached hydrogen (secondary N) is 1. The molecule has 1 aliphatic carbocycles. The number of rotatable bonds is 3. The molecule has 1 unspecified atom stereocenters. The highest BCUT2D eigenvalue weighted by Gasteiger charge is 2.20. The highest BCUT2D eigenvalue weighted by Crippen LogP contribution is 2.26. The summed E-state index contributed by atoms with van der Waals surface area (Å²) in [6.07, 6.45) is 3.53. The van der Waals surface area contributed by atoms with E-state index >= 15 is 0 Å². The maximum atomic E-state index is 3.82. The second kappa shape index (κ2) is 6.33. The molecule has 0 saturated heterocycles. The first-order chi connectivity index (χ1) is 10.1. The first kappa shape index (κ1) is 14.8. The van der Waals surface area contributed by atoms with Gasteiger partial charge in [-0.05, 0) is 67.5 Å². The quantitative estimate of drug-likeness (QED) is 0.829. The minimum absolute atomic E-state index is 0.410. The van der Waals surface area contributed by atoms with Crippen LogP contribution in [0.25, 0.3) is 0 Å². The molecule has 1 nitrogen and oxygen atoms in total. The van der Waals surface area contributed by atoms with E-state index in [1.165, 1.54) is 39.6 Å². The Balaban J connectivity index is 1.70. The van der Waals surface area contributed by atoms with E-state index in [9.17, 15) is 0 Å². The molecule has 0 spiro atoms. The summed E-state index contributed by atoms with van der Waals surface area (Å²) in [6.45, 7) is 4.47. The molecule has 0 bridgehead atoms. The fraction of sp³-hybridized carbons (Fsp3) is 0.368. The second-order valence-electron chi connectivity index (χ2n) is 6.10. The van der Waals surface area contributed by atoms with E-state index in [0.717, 1.165) is 6.42 Å². The summed E-state index contributed by atoms with van der Waals surface area (Å²) < 4.78 is 1.20. The van der Waals surface area contributed by atoms with Crippen LogP contribution in [-0.4, -0.2) is 6.04 Å². The van der Waals surface area contributed by atoms with Crippen molar-refractivity contribution < 1.29 is 0 Å². The Hall–Kier alpha value is -1.12. The van der Waals surface area contributed by atoms with E-state index < -0.39 is 0 Å². The summed E-state index contributed by atoms with van der Waals surface area (Å²) in [5.74, 6) is 0. The molecule has 1 aliphatic rings. The zero-order valence-electron chi connectivity index (χ0n) is 12.7. The zero-order chi connectivity index (χ0) is 14.8. The molecule has 0 radical (unpaired) electrons. The van der Waals surface area contributed by atoms with Crippen LogP contribution in [0.2, 0.25) is 0 Å². The fourth-order valence-corrected chi connectivity index (χ4v) is 3.79. The van der Waals surface area contributed by atoms with Gasteiger partial charge in [-0.2, -0.15) is 0 Å². The van der Waals surface area contributed by atoms with Gasteiger partial charge >= 0.3 is 0 Å². The van der Waals surface area contributed by atoms with Gasteiger partial charge in [-0.25, -0.2) is 0 Å². The summed E-state index contributed by atoms with van der Waals surface area (Å²) in [4.78, 5) is 0. The van der Waals surface area contributed by atoms with Gasteiger partial charge in [0.2, 0.25) is 0 Å². The van der Waals surface area contributed by atoms with Crippen LogP contribution in [0, 0.1) is 6.92 Å². The third-order valence-corrected chi connectivity index (χ3v) is 5.03. The van der Waals surface area contributed by atoms with Gasteiger partial charge in [0, 0.05) is 16.6 Å². The van der Waals surface area contributed by atoms with Crippen molar-refractivity contribution >= 4 is 15.9 Å². The van der Waals surface area contributed by atoms with Crippen molar-refractivity contribution in [3.8, 4) is 0 Å². The van der Waals surface area contributed by atoms with Gasteiger partial charge in [0.1, 0.15) is 0 Å². The van der Waals surface area contributed by atoms with E-state index in [-0.39, 0.29) is 0 Å². The Labute approximate surface area is 135 Å². The van der Waals surface area contributed by atoms with Crippen molar-refractivity contribution in [2.24, 2.45) is 0 Å². The molecule has 110 valence electrons. The fourth-order valence-electron chi connectivity index (χ4n) is 3.38. The lowest BCUT2D eigenvalue weighted by atomic mass is 9.87. The van der Waals surface area contributed by atoms with Gasteiger partial charge in [-0.1, -0.05) is 46.3 Å². The lowest BCUT2D eigenvalue weighted by Gasteiger charge is -2.29. The summed E-state index contributed by atoms with van der Waals surface area (Å²) in [6, 6.07) is 16.4. The van der Waals surface area contributed by atoms with Gasteiger partial charge in [-0.15, -0.1) is 0 Å². The van der Waals surface area contributed by atoms with Crippen LogP contribution in [0.1, 0.15) is 41.6 Å². The Bertz CT molecular complexity index is 635. The van der Waals surface area contributed by atoms with Crippen LogP contribution >= 0.6 is 15.9 Å². The minimum Gasteiger partial charge on any atom is -0.307 e. The molecule has 2 atom stereocenters. The Morgan fingerprint density at radius 1 is 1.14 bits per heavy atom. The molecular weight excluding hydrogens is 322 g/mol. The second-order valence-corrected chi connectivity index (χ2v) is 7.01. The van der Waals surface area contributed by atoms with E-state index in [0.29, 0.717) is 12.1 Å². The summed E-state index contributed by atoms with van der Waals surface area (Å²) >= 11 is 3.57. The molecule has 0 fully saturated rings. The third-order valence-electron chi connectivity index (χ3n) is 4.54. The average Bonchev–Trinajstić information content (AvgIpc) is 2.48. The highest BCUT2D eigenvalue weighted by molar-refractivity contribution is 9.10. The molecule has 0 heterocycles. The van der Waals surface area contributed by atoms with Crippen LogP contribution in [0.15, 0.2) is 46.9 Å². The molecular formula is C19H22BrN. The number of hydrogen-bond acceptors (Lipinski definition) is 1. The molecule has 0 aromatic heterocycles. The molecule has 2 aromatic carbocycles.